The maximum atomic E-state index is 13.7. The van der Waals surface area contributed by atoms with Crippen molar-refractivity contribution >= 4 is 11.8 Å². The summed E-state index contributed by atoms with van der Waals surface area (Å²) in [4.78, 5) is 0.745. The SMILES string of the molecule is CCCNCc1ccc(SC(C)C)c(F)c1. The zero-order valence-electron chi connectivity index (χ0n) is 10.2. The van der Waals surface area contributed by atoms with Crippen molar-refractivity contribution in [2.24, 2.45) is 0 Å². The van der Waals surface area contributed by atoms with Gasteiger partial charge in [0.1, 0.15) is 5.82 Å². The number of hydrogen-bond donors (Lipinski definition) is 1. The number of benzene rings is 1. The molecule has 0 radical (unpaired) electrons. The first kappa shape index (κ1) is 13.5. The molecule has 0 aromatic heterocycles. The lowest BCUT2D eigenvalue weighted by Gasteiger charge is -2.08. The van der Waals surface area contributed by atoms with Crippen LogP contribution in [0.5, 0.6) is 0 Å². The Kier molecular flexibility index (Phi) is 5.85. The molecule has 1 nitrogen and oxygen atoms in total. The van der Waals surface area contributed by atoms with Crippen molar-refractivity contribution in [1.29, 1.82) is 0 Å². The summed E-state index contributed by atoms with van der Waals surface area (Å²) in [5, 5.41) is 3.68. The highest BCUT2D eigenvalue weighted by molar-refractivity contribution is 7.99. The molecule has 0 heterocycles. The van der Waals surface area contributed by atoms with E-state index in [9.17, 15) is 4.39 Å². The van der Waals surface area contributed by atoms with Gasteiger partial charge >= 0.3 is 0 Å². The molecule has 0 bridgehead atoms. The zero-order chi connectivity index (χ0) is 12.0. The van der Waals surface area contributed by atoms with Crippen molar-refractivity contribution < 1.29 is 4.39 Å². The molecular formula is C13H20FNS. The van der Waals surface area contributed by atoms with Crippen LogP contribution in [0.15, 0.2) is 23.1 Å². The number of thioether (sulfide) groups is 1. The van der Waals surface area contributed by atoms with E-state index in [2.05, 4.69) is 26.1 Å². The first-order valence-electron chi connectivity index (χ1n) is 5.79. The molecule has 0 saturated carbocycles. The maximum Gasteiger partial charge on any atom is 0.137 e. The number of halogens is 1. The normalized spacial score (nSPS) is 11.1. The van der Waals surface area contributed by atoms with Gasteiger partial charge in [0.25, 0.3) is 0 Å². The van der Waals surface area contributed by atoms with Crippen LogP contribution < -0.4 is 5.32 Å². The summed E-state index contributed by atoms with van der Waals surface area (Å²) in [7, 11) is 0. The van der Waals surface area contributed by atoms with E-state index in [0.717, 1.165) is 30.0 Å². The van der Waals surface area contributed by atoms with Crippen LogP contribution in [0.4, 0.5) is 4.39 Å². The molecule has 0 aliphatic rings. The lowest BCUT2D eigenvalue weighted by atomic mass is 10.2. The third kappa shape index (κ3) is 4.54. The first-order valence-corrected chi connectivity index (χ1v) is 6.67. The highest BCUT2D eigenvalue weighted by atomic mass is 32.2. The lowest BCUT2D eigenvalue weighted by Crippen LogP contribution is -2.13. The molecule has 0 aliphatic carbocycles. The van der Waals surface area contributed by atoms with Crippen LogP contribution in [0, 0.1) is 5.82 Å². The van der Waals surface area contributed by atoms with E-state index in [0.29, 0.717) is 5.25 Å². The molecule has 90 valence electrons. The van der Waals surface area contributed by atoms with E-state index >= 15 is 0 Å². The average Bonchev–Trinajstić information content (AvgIpc) is 2.22. The fraction of sp³-hybridized carbons (Fsp3) is 0.538. The summed E-state index contributed by atoms with van der Waals surface area (Å²) in [6.45, 7) is 7.99. The second kappa shape index (κ2) is 6.92. The summed E-state index contributed by atoms with van der Waals surface area (Å²) in [6.07, 6.45) is 1.10. The lowest BCUT2D eigenvalue weighted by molar-refractivity contribution is 0.595. The van der Waals surface area contributed by atoms with E-state index in [4.69, 9.17) is 0 Å². The number of nitrogens with one attached hydrogen (secondary N) is 1. The van der Waals surface area contributed by atoms with Gasteiger partial charge in [0.05, 0.1) is 0 Å². The summed E-state index contributed by atoms with van der Waals surface area (Å²) in [6, 6.07) is 5.51. The molecule has 3 heteroatoms. The zero-order valence-corrected chi connectivity index (χ0v) is 11.0. The van der Waals surface area contributed by atoms with Gasteiger partial charge in [0.2, 0.25) is 0 Å². The average molecular weight is 241 g/mol. The van der Waals surface area contributed by atoms with E-state index < -0.39 is 0 Å². The highest BCUT2D eigenvalue weighted by Gasteiger charge is 2.05. The third-order valence-electron chi connectivity index (χ3n) is 2.11. The third-order valence-corrected chi connectivity index (χ3v) is 3.17. The Morgan fingerprint density at radius 2 is 2.12 bits per heavy atom. The molecule has 0 spiro atoms. The molecule has 1 aromatic carbocycles. The van der Waals surface area contributed by atoms with Gasteiger partial charge in [0, 0.05) is 16.7 Å². The first-order chi connectivity index (χ1) is 7.63. The summed E-state index contributed by atoms with van der Waals surface area (Å²) in [5.74, 6) is -0.102. The molecule has 0 unspecified atom stereocenters. The highest BCUT2D eigenvalue weighted by Crippen LogP contribution is 2.26. The van der Waals surface area contributed by atoms with Gasteiger partial charge in [-0.15, -0.1) is 11.8 Å². The molecule has 0 fully saturated rings. The minimum absolute atomic E-state index is 0.102. The fourth-order valence-electron chi connectivity index (χ4n) is 1.41. The van der Waals surface area contributed by atoms with Gasteiger partial charge in [-0.3, -0.25) is 0 Å². The minimum atomic E-state index is -0.102. The van der Waals surface area contributed by atoms with Crippen molar-refractivity contribution in [1.82, 2.24) is 5.32 Å². The molecule has 1 rings (SSSR count). The van der Waals surface area contributed by atoms with E-state index in [1.165, 1.54) is 0 Å². The van der Waals surface area contributed by atoms with Crippen LogP contribution in [0.1, 0.15) is 32.8 Å². The minimum Gasteiger partial charge on any atom is -0.313 e. The number of hydrogen-bond acceptors (Lipinski definition) is 2. The quantitative estimate of drug-likeness (QED) is 0.600. The molecule has 16 heavy (non-hydrogen) atoms. The van der Waals surface area contributed by atoms with Gasteiger partial charge in [-0.1, -0.05) is 26.8 Å². The molecule has 0 aliphatic heterocycles. The van der Waals surface area contributed by atoms with Crippen molar-refractivity contribution in [2.75, 3.05) is 6.54 Å². The maximum absolute atomic E-state index is 13.7. The fourth-order valence-corrected chi connectivity index (χ4v) is 2.24. The van der Waals surface area contributed by atoms with Crippen LogP contribution in [-0.2, 0) is 6.54 Å². The van der Waals surface area contributed by atoms with Gasteiger partial charge in [0.15, 0.2) is 0 Å². The Balaban J connectivity index is 2.60. The Labute approximate surface area is 102 Å². The largest absolute Gasteiger partial charge is 0.313 e. The van der Waals surface area contributed by atoms with Crippen molar-refractivity contribution in [3.05, 3.63) is 29.6 Å². The van der Waals surface area contributed by atoms with Crippen LogP contribution in [-0.4, -0.2) is 11.8 Å². The predicted molar refractivity (Wildman–Crippen MR) is 69.4 cm³/mol. The Hall–Kier alpha value is -0.540. The van der Waals surface area contributed by atoms with E-state index in [1.54, 1.807) is 17.8 Å². The monoisotopic (exact) mass is 241 g/mol. The predicted octanol–water partition coefficient (Wildman–Crippen LogP) is 3.83. The summed E-state index contributed by atoms with van der Waals surface area (Å²) >= 11 is 1.57. The number of rotatable bonds is 6. The van der Waals surface area contributed by atoms with Crippen molar-refractivity contribution in [2.45, 2.75) is 43.9 Å². The van der Waals surface area contributed by atoms with E-state index in [-0.39, 0.29) is 5.82 Å². The second-order valence-corrected chi connectivity index (χ2v) is 5.73. The van der Waals surface area contributed by atoms with Gasteiger partial charge in [-0.25, -0.2) is 4.39 Å². The standard InChI is InChI=1S/C13H20FNS/c1-4-7-15-9-11-5-6-13(12(14)8-11)16-10(2)3/h5-6,8,10,15H,4,7,9H2,1-3H3. The van der Waals surface area contributed by atoms with Gasteiger partial charge < -0.3 is 5.32 Å². The molecule has 1 aromatic rings. The Morgan fingerprint density at radius 1 is 1.38 bits per heavy atom. The Morgan fingerprint density at radius 3 is 2.69 bits per heavy atom. The van der Waals surface area contributed by atoms with Crippen LogP contribution >= 0.6 is 11.8 Å². The molecular weight excluding hydrogens is 221 g/mol. The molecule has 1 N–H and O–H groups in total. The summed E-state index contributed by atoms with van der Waals surface area (Å²) < 4.78 is 13.7. The van der Waals surface area contributed by atoms with Gasteiger partial charge in [-0.05, 0) is 30.7 Å². The molecule has 0 atom stereocenters. The Bertz CT molecular complexity index is 326. The topological polar surface area (TPSA) is 12.0 Å². The van der Waals surface area contributed by atoms with Gasteiger partial charge in [-0.2, -0.15) is 0 Å². The molecule has 0 amide bonds. The smallest absolute Gasteiger partial charge is 0.137 e. The van der Waals surface area contributed by atoms with Crippen molar-refractivity contribution in [3.63, 3.8) is 0 Å². The van der Waals surface area contributed by atoms with E-state index in [1.807, 2.05) is 12.1 Å². The van der Waals surface area contributed by atoms with Crippen LogP contribution in [0.2, 0.25) is 0 Å². The summed E-state index contributed by atoms with van der Waals surface area (Å²) in [5.41, 5.74) is 1.01. The van der Waals surface area contributed by atoms with Crippen molar-refractivity contribution in [3.8, 4) is 0 Å². The molecule has 0 saturated heterocycles. The van der Waals surface area contributed by atoms with Crippen LogP contribution in [0.25, 0.3) is 0 Å². The second-order valence-electron chi connectivity index (χ2n) is 4.11. The van der Waals surface area contributed by atoms with Crippen LogP contribution in [0.3, 0.4) is 0 Å².